The van der Waals surface area contributed by atoms with E-state index in [2.05, 4.69) is 111 Å². The van der Waals surface area contributed by atoms with Crippen LogP contribution >= 0.6 is 7.82 Å². The molecular weight excluding hydrogens is 1060 g/mol. The summed E-state index contributed by atoms with van der Waals surface area (Å²) in [4.78, 5) is 35.7. The standard InChI is InChI=1S/C74H130NO8P/c1-6-8-10-12-14-16-18-20-22-24-26-27-28-29-30-31-32-33-34-35-36-37-38-39-40-41-42-43-44-45-46-47-49-50-52-54-56-58-60-62-64-66-73(76)80-70-72(71-82-84(78,79)81-69-68-75(3,4)5)83-74(77)67-65-63-61-59-57-55-53-51-48-25-23-21-19-17-15-13-11-9-7-2/h9,11,15,17-18,20-21,23-24,26,28-29,48,51,55,57,61,63,72H,6-8,10,12-14,16,19,22,25,27,30-47,49-50,52-54,56,58-60,62,64-71H2,1-5H3/p+1/b11-9-,17-15-,20-18-,23-21-,26-24-,29-28-,51-48-,57-55-,63-61-. The number of unbranched alkanes of at least 4 members (excludes halogenated alkanes) is 31. The second-order valence-corrected chi connectivity index (χ2v) is 25.6. The Morgan fingerprint density at radius 2 is 0.702 bits per heavy atom. The number of quaternary nitrogens is 1. The smallest absolute Gasteiger partial charge is 0.462 e. The number of carbonyl (C=O) groups is 2. The molecule has 0 radical (unpaired) electrons. The Bertz CT molecular complexity index is 1790. The van der Waals surface area contributed by atoms with Gasteiger partial charge in [-0.1, -0.05) is 303 Å². The van der Waals surface area contributed by atoms with Crippen molar-refractivity contribution in [1.29, 1.82) is 0 Å². The van der Waals surface area contributed by atoms with Gasteiger partial charge in [0.2, 0.25) is 0 Å². The maximum absolute atomic E-state index is 12.8. The third-order valence-corrected chi connectivity index (χ3v) is 15.8. The Kier molecular flexibility index (Phi) is 61.6. The fourth-order valence-corrected chi connectivity index (χ4v) is 10.3. The summed E-state index contributed by atoms with van der Waals surface area (Å²) in [7, 11) is 1.43. The van der Waals surface area contributed by atoms with Crippen LogP contribution in [0.3, 0.4) is 0 Å². The van der Waals surface area contributed by atoms with Crippen LogP contribution < -0.4 is 0 Å². The molecule has 0 saturated heterocycles. The van der Waals surface area contributed by atoms with Crippen LogP contribution in [0.25, 0.3) is 0 Å². The summed E-state index contributed by atoms with van der Waals surface area (Å²) in [6, 6.07) is 0. The van der Waals surface area contributed by atoms with Crippen LogP contribution in [0.2, 0.25) is 0 Å². The summed E-state index contributed by atoms with van der Waals surface area (Å²) in [6.07, 6.45) is 91.0. The Morgan fingerprint density at radius 3 is 1.06 bits per heavy atom. The maximum atomic E-state index is 12.8. The van der Waals surface area contributed by atoms with Crippen LogP contribution in [-0.4, -0.2) is 74.9 Å². The summed E-state index contributed by atoms with van der Waals surface area (Å²) in [5.74, 6) is -0.892. The van der Waals surface area contributed by atoms with Gasteiger partial charge in [-0.2, -0.15) is 0 Å². The first-order valence-electron chi connectivity index (χ1n) is 34.6. The van der Waals surface area contributed by atoms with Gasteiger partial charge in [0.1, 0.15) is 19.8 Å². The maximum Gasteiger partial charge on any atom is 0.472 e. The van der Waals surface area contributed by atoms with Gasteiger partial charge in [0, 0.05) is 12.8 Å². The average Bonchev–Trinajstić information content (AvgIpc) is 3.61. The normalized spacial score (nSPS) is 13.8. The fourth-order valence-electron chi connectivity index (χ4n) is 9.52. The first-order valence-corrected chi connectivity index (χ1v) is 36.1. The summed E-state index contributed by atoms with van der Waals surface area (Å²) >= 11 is 0. The molecule has 0 amide bonds. The largest absolute Gasteiger partial charge is 0.472 e. The molecule has 0 rings (SSSR count). The number of phosphoric acid groups is 1. The van der Waals surface area contributed by atoms with Gasteiger partial charge in [-0.05, 0) is 89.9 Å². The SMILES string of the molecule is CC/C=C\C/C=C\C/C=C\C/C=C\C/C=C\C/C=C\CCC(=O)OC(COC(=O)CCCCCCCCCCCCCCCCCCCCCCCCCCCC/C=C\C/C=C\C/C=C\CCCCCCC)COP(=O)(O)OCC[N+](C)(C)C. The number of rotatable bonds is 63. The molecule has 84 heavy (non-hydrogen) atoms. The number of hydrogen-bond donors (Lipinski definition) is 1. The van der Waals surface area contributed by atoms with E-state index >= 15 is 0 Å². The van der Waals surface area contributed by atoms with Gasteiger partial charge < -0.3 is 18.9 Å². The lowest BCUT2D eigenvalue weighted by atomic mass is 10.0. The highest BCUT2D eigenvalue weighted by molar-refractivity contribution is 7.47. The lowest BCUT2D eigenvalue weighted by molar-refractivity contribution is -0.870. The summed E-state index contributed by atoms with van der Waals surface area (Å²) in [5.41, 5.74) is 0. The molecule has 0 aliphatic heterocycles. The molecule has 1 N–H and O–H groups in total. The first kappa shape index (κ1) is 80.7. The van der Waals surface area contributed by atoms with E-state index in [0.717, 1.165) is 70.6 Å². The number of phosphoric ester groups is 1. The molecule has 0 aromatic rings. The third kappa shape index (κ3) is 67.8. The number of likely N-dealkylation sites (N-methyl/N-ethyl adjacent to an activating group) is 1. The zero-order valence-electron chi connectivity index (χ0n) is 55.1. The average molecular weight is 1190 g/mol. The molecule has 0 aliphatic carbocycles. The lowest BCUT2D eigenvalue weighted by Gasteiger charge is -2.24. The lowest BCUT2D eigenvalue weighted by Crippen LogP contribution is -2.37. The minimum Gasteiger partial charge on any atom is -0.462 e. The molecule has 0 aliphatic rings. The minimum absolute atomic E-state index is 0.0146. The van der Waals surface area contributed by atoms with E-state index in [1.807, 2.05) is 33.3 Å². The van der Waals surface area contributed by atoms with Gasteiger partial charge >= 0.3 is 19.8 Å². The Labute approximate surface area is 518 Å². The second-order valence-electron chi connectivity index (χ2n) is 24.2. The van der Waals surface area contributed by atoms with Crippen molar-refractivity contribution in [3.05, 3.63) is 109 Å². The van der Waals surface area contributed by atoms with Gasteiger partial charge in [-0.25, -0.2) is 4.57 Å². The van der Waals surface area contributed by atoms with Crippen molar-refractivity contribution in [2.24, 2.45) is 0 Å². The number of carbonyl (C=O) groups excluding carboxylic acids is 2. The first-order chi connectivity index (χ1) is 41.0. The van der Waals surface area contributed by atoms with Crippen LogP contribution in [0.5, 0.6) is 0 Å². The molecule has 484 valence electrons. The molecule has 0 aromatic heterocycles. The topological polar surface area (TPSA) is 108 Å². The molecule has 10 heteroatoms. The van der Waals surface area contributed by atoms with Crippen molar-refractivity contribution in [2.45, 2.75) is 302 Å². The van der Waals surface area contributed by atoms with Gasteiger partial charge in [0.25, 0.3) is 0 Å². The van der Waals surface area contributed by atoms with Crippen LogP contribution in [-0.2, 0) is 32.7 Å². The molecule has 0 fully saturated rings. The molecular formula is C74H131NO8P+. The van der Waals surface area contributed by atoms with Crippen molar-refractivity contribution >= 4 is 19.8 Å². The highest BCUT2D eigenvalue weighted by atomic mass is 31.2. The predicted octanol–water partition coefficient (Wildman–Crippen LogP) is 22.5. The van der Waals surface area contributed by atoms with E-state index < -0.39 is 26.5 Å². The Morgan fingerprint density at radius 1 is 0.381 bits per heavy atom. The summed E-state index contributed by atoms with van der Waals surface area (Å²) in [6.45, 7) is 4.23. The fraction of sp³-hybridized carbons (Fsp3) is 0.730. The van der Waals surface area contributed by atoms with E-state index in [1.165, 1.54) is 193 Å². The minimum atomic E-state index is -4.41. The van der Waals surface area contributed by atoms with E-state index in [1.54, 1.807) is 0 Å². The van der Waals surface area contributed by atoms with E-state index in [9.17, 15) is 19.0 Å². The molecule has 2 unspecified atom stereocenters. The molecule has 0 saturated carbocycles. The second kappa shape index (κ2) is 64.2. The molecule has 0 bridgehead atoms. The van der Waals surface area contributed by atoms with Gasteiger partial charge in [0.15, 0.2) is 6.10 Å². The van der Waals surface area contributed by atoms with Crippen LogP contribution in [0.1, 0.15) is 296 Å². The van der Waals surface area contributed by atoms with E-state index in [0.29, 0.717) is 17.4 Å². The summed E-state index contributed by atoms with van der Waals surface area (Å²) < 4.78 is 34.5. The number of ether oxygens (including phenoxy) is 2. The number of allylic oxidation sites excluding steroid dienone is 18. The molecule has 9 nitrogen and oxygen atoms in total. The van der Waals surface area contributed by atoms with Crippen LogP contribution in [0.4, 0.5) is 0 Å². The van der Waals surface area contributed by atoms with Crippen LogP contribution in [0.15, 0.2) is 109 Å². The van der Waals surface area contributed by atoms with E-state index in [-0.39, 0.29) is 32.0 Å². The van der Waals surface area contributed by atoms with Crippen molar-refractivity contribution in [1.82, 2.24) is 0 Å². The number of hydrogen-bond acceptors (Lipinski definition) is 7. The van der Waals surface area contributed by atoms with E-state index in [4.69, 9.17) is 18.5 Å². The zero-order chi connectivity index (χ0) is 61.2. The van der Waals surface area contributed by atoms with Crippen molar-refractivity contribution in [3.8, 4) is 0 Å². The van der Waals surface area contributed by atoms with Gasteiger partial charge in [-0.3, -0.25) is 18.6 Å². The monoisotopic (exact) mass is 1190 g/mol. The third-order valence-electron chi connectivity index (χ3n) is 14.8. The van der Waals surface area contributed by atoms with Gasteiger partial charge in [0.05, 0.1) is 27.7 Å². The quantitative estimate of drug-likeness (QED) is 0.0211. The van der Waals surface area contributed by atoms with Crippen LogP contribution in [0, 0.1) is 0 Å². The molecule has 0 heterocycles. The highest BCUT2D eigenvalue weighted by Crippen LogP contribution is 2.43. The molecule has 0 aromatic carbocycles. The van der Waals surface area contributed by atoms with Crippen molar-refractivity contribution in [2.75, 3.05) is 47.5 Å². The van der Waals surface area contributed by atoms with Crippen molar-refractivity contribution in [3.63, 3.8) is 0 Å². The number of nitrogens with zero attached hydrogens (tertiary/aromatic N) is 1. The number of esters is 2. The zero-order valence-corrected chi connectivity index (χ0v) is 56.0. The molecule has 0 spiro atoms. The Balaban J connectivity index is 3.96. The highest BCUT2D eigenvalue weighted by Gasteiger charge is 2.27. The Hall–Kier alpha value is -3.33. The summed E-state index contributed by atoms with van der Waals surface area (Å²) in [5, 5.41) is 0. The molecule has 2 atom stereocenters. The van der Waals surface area contributed by atoms with Crippen molar-refractivity contribution < 1.29 is 42.1 Å². The predicted molar refractivity (Wildman–Crippen MR) is 362 cm³/mol. The van der Waals surface area contributed by atoms with Gasteiger partial charge in [-0.15, -0.1) is 0 Å².